The quantitative estimate of drug-likeness (QED) is 0.807. The highest BCUT2D eigenvalue weighted by Gasteiger charge is 2.36. The first kappa shape index (κ1) is 17.2. The fraction of sp³-hybridized carbons (Fsp3) is 0.818. The number of nitrogens with zero attached hydrogens (tertiary/aromatic N) is 3. The average molecular weight is 343 g/mol. The van der Waals surface area contributed by atoms with E-state index in [-0.39, 0.29) is 29.7 Å². The molecule has 1 aromatic rings. The van der Waals surface area contributed by atoms with Crippen molar-refractivity contribution < 1.29 is 31.0 Å². The van der Waals surface area contributed by atoms with E-state index < -0.39 is 23.0 Å². The monoisotopic (exact) mass is 343 g/mol. The minimum absolute atomic E-state index is 0.115. The molecule has 0 aromatic carbocycles. The summed E-state index contributed by atoms with van der Waals surface area (Å²) in [5.74, 6) is -0.325. The van der Waals surface area contributed by atoms with Gasteiger partial charge in [0.15, 0.2) is 0 Å². The second-order valence-corrected chi connectivity index (χ2v) is 6.83. The Morgan fingerprint density at radius 1 is 1.32 bits per heavy atom. The van der Waals surface area contributed by atoms with E-state index in [4.69, 9.17) is 0 Å². The summed E-state index contributed by atoms with van der Waals surface area (Å²) in [6.45, 7) is 1.50. The van der Waals surface area contributed by atoms with Crippen molar-refractivity contribution in [3.8, 4) is 0 Å². The SMILES string of the molecule is CCc1nonc1S(=O)(=O)N1CCC(COC(F)(F)F)CC1. The minimum Gasteiger partial charge on any atom is -0.292 e. The summed E-state index contributed by atoms with van der Waals surface area (Å²) in [6.07, 6.45) is -3.72. The first-order chi connectivity index (χ1) is 10.2. The Hall–Kier alpha value is -1.20. The molecule has 11 heteroatoms. The van der Waals surface area contributed by atoms with Gasteiger partial charge in [0.1, 0.15) is 5.69 Å². The van der Waals surface area contributed by atoms with Crippen molar-refractivity contribution >= 4 is 10.0 Å². The topological polar surface area (TPSA) is 85.5 Å². The summed E-state index contributed by atoms with van der Waals surface area (Å²) in [5.41, 5.74) is 0.238. The van der Waals surface area contributed by atoms with E-state index in [1.807, 2.05) is 0 Å². The van der Waals surface area contributed by atoms with Gasteiger partial charge in [0.05, 0.1) is 6.61 Å². The molecule has 1 aliphatic heterocycles. The predicted molar refractivity (Wildman–Crippen MR) is 67.2 cm³/mol. The van der Waals surface area contributed by atoms with Crippen molar-refractivity contribution in [3.05, 3.63) is 5.69 Å². The molecule has 22 heavy (non-hydrogen) atoms. The molecule has 1 fully saturated rings. The van der Waals surface area contributed by atoms with Gasteiger partial charge in [0.25, 0.3) is 10.0 Å². The Morgan fingerprint density at radius 3 is 2.50 bits per heavy atom. The van der Waals surface area contributed by atoms with Crippen LogP contribution in [0.25, 0.3) is 0 Å². The van der Waals surface area contributed by atoms with Crippen LogP contribution >= 0.6 is 0 Å². The van der Waals surface area contributed by atoms with E-state index >= 15 is 0 Å². The second-order valence-electron chi connectivity index (χ2n) is 4.97. The highest BCUT2D eigenvalue weighted by molar-refractivity contribution is 7.89. The Morgan fingerprint density at radius 2 is 1.95 bits per heavy atom. The molecule has 2 heterocycles. The number of sulfonamides is 1. The fourth-order valence-corrected chi connectivity index (χ4v) is 3.80. The largest absolute Gasteiger partial charge is 0.522 e. The lowest BCUT2D eigenvalue weighted by Crippen LogP contribution is -2.40. The molecule has 1 aromatic heterocycles. The zero-order valence-corrected chi connectivity index (χ0v) is 12.7. The molecule has 0 spiro atoms. The number of hydrogen-bond donors (Lipinski definition) is 0. The molecule has 0 atom stereocenters. The van der Waals surface area contributed by atoms with Crippen molar-refractivity contribution in [2.45, 2.75) is 37.6 Å². The minimum atomic E-state index is -4.66. The zero-order valence-electron chi connectivity index (χ0n) is 11.8. The van der Waals surface area contributed by atoms with Gasteiger partial charge in [-0.3, -0.25) is 4.74 Å². The van der Waals surface area contributed by atoms with Crippen molar-refractivity contribution in [1.29, 1.82) is 0 Å². The third-order valence-corrected chi connectivity index (χ3v) is 5.34. The van der Waals surface area contributed by atoms with Gasteiger partial charge in [-0.15, -0.1) is 13.2 Å². The third kappa shape index (κ3) is 3.96. The van der Waals surface area contributed by atoms with E-state index in [1.54, 1.807) is 6.92 Å². The summed E-state index contributed by atoms with van der Waals surface area (Å²) in [5, 5.41) is 6.74. The molecule has 2 rings (SSSR count). The van der Waals surface area contributed by atoms with Crippen molar-refractivity contribution in [2.75, 3.05) is 19.7 Å². The highest BCUT2D eigenvalue weighted by atomic mass is 32.2. The lowest BCUT2D eigenvalue weighted by molar-refractivity contribution is -0.329. The van der Waals surface area contributed by atoms with Crippen LogP contribution in [0.3, 0.4) is 0 Å². The molecular formula is C11H16F3N3O4S. The van der Waals surface area contributed by atoms with E-state index in [9.17, 15) is 21.6 Å². The van der Waals surface area contributed by atoms with Crippen LogP contribution in [0.15, 0.2) is 9.65 Å². The first-order valence-corrected chi connectivity index (χ1v) is 8.20. The number of rotatable bonds is 5. The Labute approximate surface area is 125 Å². The van der Waals surface area contributed by atoms with Crippen molar-refractivity contribution in [1.82, 2.24) is 14.6 Å². The smallest absolute Gasteiger partial charge is 0.292 e. The van der Waals surface area contributed by atoms with Crippen LogP contribution in [-0.2, 0) is 21.2 Å². The van der Waals surface area contributed by atoms with Gasteiger partial charge in [0.2, 0.25) is 5.03 Å². The third-order valence-electron chi connectivity index (χ3n) is 3.50. The van der Waals surface area contributed by atoms with Gasteiger partial charge in [-0.25, -0.2) is 13.0 Å². The van der Waals surface area contributed by atoms with Crippen LogP contribution in [0.5, 0.6) is 0 Å². The second kappa shape index (κ2) is 6.50. The van der Waals surface area contributed by atoms with Gasteiger partial charge in [-0.1, -0.05) is 12.1 Å². The molecule has 0 radical (unpaired) electrons. The highest BCUT2D eigenvalue weighted by Crippen LogP contribution is 2.26. The standard InChI is InChI=1S/C11H16F3N3O4S/c1-2-9-10(16-21-15-9)22(18,19)17-5-3-8(4-6-17)7-20-11(12,13)14/h8H,2-7H2,1H3. The van der Waals surface area contributed by atoms with Gasteiger partial charge >= 0.3 is 6.36 Å². The molecule has 1 aliphatic rings. The maximum Gasteiger partial charge on any atom is 0.522 e. The van der Waals surface area contributed by atoms with Crippen LogP contribution in [0, 0.1) is 5.92 Å². The summed E-state index contributed by atoms with van der Waals surface area (Å²) < 4.78 is 70.2. The lowest BCUT2D eigenvalue weighted by Gasteiger charge is -2.30. The van der Waals surface area contributed by atoms with Crippen LogP contribution < -0.4 is 0 Å². The molecule has 126 valence electrons. The summed E-state index contributed by atoms with van der Waals surface area (Å²) in [7, 11) is -3.83. The summed E-state index contributed by atoms with van der Waals surface area (Å²) >= 11 is 0. The number of hydrogen-bond acceptors (Lipinski definition) is 6. The Balaban J connectivity index is 1.96. The van der Waals surface area contributed by atoms with Crippen molar-refractivity contribution in [2.24, 2.45) is 5.92 Å². The fourth-order valence-electron chi connectivity index (χ4n) is 2.26. The average Bonchev–Trinajstić information content (AvgIpc) is 2.94. The summed E-state index contributed by atoms with van der Waals surface area (Å²) in [6, 6.07) is 0. The maximum absolute atomic E-state index is 12.4. The molecule has 7 nitrogen and oxygen atoms in total. The molecule has 0 N–H and O–H groups in total. The van der Waals surface area contributed by atoms with Crippen molar-refractivity contribution in [3.63, 3.8) is 0 Å². The van der Waals surface area contributed by atoms with Gasteiger partial charge < -0.3 is 0 Å². The maximum atomic E-state index is 12.4. The number of piperidine rings is 1. The van der Waals surface area contributed by atoms with Crippen LogP contribution in [-0.4, -0.2) is 49.1 Å². The molecular weight excluding hydrogens is 327 g/mol. The molecule has 1 saturated heterocycles. The predicted octanol–water partition coefficient (Wildman–Crippen LogP) is 1.57. The van der Waals surface area contributed by atoms with E-state index in [0.717, 1.165) is 0 Å². The number of aryl methyl sites for hydroxylation is 1. The molecule has 0 saturated carbocycles. The van der Waals surface area contributed by atoms with E-state index in [2.05, 4.69) is 19.7 Å². The molecule has 0 aliphatic carbocycles. The first-order valence-electron chi connectivity index (χ1n) is 6.76. The molecule has 0 amide bonds. The van der Waals surface area contributed by atoms with Crippen LogP contribution in [0.1, 0.15) is 25.5 Å². The van der Waals surface area contributed by atoms with Gasteiger partial charge in [-0.05, 0) is 30.3 Å². The Bertz CT molecular complexity index is 594. The van der Waals surface area contributed by atoms with Gasteiger partial charge in [-0.2, -0.15) is 4.31 Å². The number of halogens is 3. The normalized spacial score (nSPS) is 18.7. The zero-order chi connectivity index (χ0) is 16.4. The van der Waals surface area contributed by atoms with Gasteiger partial charge in [0, 0.05) is 13.1 Å². The molecule has 0 bridgehead atoms. The lowest BCUT2D eigenvalue weighted by atomic mass is 9.99. The van der Waals surface area contributed by atoms with Crippen LogP contribution in [0.4, 0.5) is 13.2 Å². The van der Waals surface area contributed by atoms with E-state index in [1.165, 1.54) is 4.31 Å². The van der Waals surface area contributed by atoms with Crippen LogP contribution in [0.2, 0.25) is 0 Å². The Kier molecular flexibility index (Phi) is 5.07. The molecule has 0 unspecified atom stereocenters. The number of ether oxygens (including phenoxy) is 1. The van der Waals surface area contributed by atoms with E-state index in [0.29, 0.717) is 19.3 Å². The summed E-state index contributed by atoms with van der Waals surface area (Å²) in [4.78, 5) is 0. The number of aromatic nitrogens is 2. The number of alkyl halides is 3.